The highest BCUT2D eigenvalue weighted by atomic mass is 16.5. The molecule has 27 heavy (non-hydrogen) atoms. The average molecular weight is 363 g/mol. The van der Waals surface area contributed by atoms with Crippen molar-refractivity contribution in [2.45, 2.75) is 19.9 Å². The molecular weight excluding hydrogens is 346 g/mol. The Morgan fingerprint density at radius 2 is 1.81 bits per heavy atom. The van der Waals surface area contributed by atoms with Crippen LogP contribution in [0.15, 0.2) is 45.6 Å². The summed E-state index contributed by atoms with van der Waals surface area (Å²) >= 11 is 0. The van der Waals surface area contributed by atoms with E-state index in [1.54, 1.807) is 30.3 Å². The summed E-state index contributed by atoms with van der Waals surface area (Å²) in [4.78, 5) is 37.2. The molecule has 6 heteroatoms. The van der Waals surface area contributed by atoms with Crippen molar-refractivity contribution in [3.63, 3.8) is 0 Å². The van der Waals surface area contributed by atoms with Gasteiger partial charge in [0, 0.05) is 0 Å². The molecule has 0 saturated heterocycles. The topological polar surface area (TPSA) is 85.6 Å². The fourth-order valence-corrected chi connectivity index (χ4v) is 3.54. The minimum atomic E-state index is -0.624. The highest BCUT2D eigenvalue weighted by Crippen LogP contribution is 2.32. The fourth-order valence-electron chi connectivity index (χ4n) is 3.54. The minimum Gasteiger partial charge on any atom is -0.465 e. The van der Waals surface area contributed by atoms with Gasteiger partial charge in [0.25, 0.3) is 5.91 Å². The third-order valence-electron chi connectivity index (χ3n) is 4.79. The van der Waals surface area contributed by atoms with Gasteiger partial charge in [0.05, 0.1) is 29.7 Å². The van der Waals surface area contributed by atoms with Crippen LogP contribution in [0.2, 0.25) is 0 Å². The van der Waals surface area contributed by atoms with E-state index in [4.69, 9.17) is 9.15 Å². The lowest BCUT2D eigenvalue weighted by molar-refractivity contribution is 0.0600. The van der Waals surface area contributed by atoms with Crippen LogP contribution < -0.4 is 10.7 Å². The molecule has 6 nitrogen and oxygen atoms in total. The quantitative estimate of drug-likeness (QED) is 0.708. The van der Waals surface area contributed by atoms with E-state index in [0.717, 1.165) is 11.1 Å². The Morgan fingerprint density at radius 3 is 2.48 bits per heavy atom. The summed E-state index contributed by atoms with van der Waals surface area (Å²) in [7, 11) is 1.31. The van der Waals surface area contributed by atoms with Gasteiger partial charge in [0.1, 0.15) is 5.58 Å². The first kappa shape index (κ1) is 17.0. The lowest BCUT2D eigenvalue weighted by atomic mass is 9.97. The second-order valence-corrected chi connectivity index (χ2v) is 6.65. The van der Waals surface area contributed by atoms with Crippen LogP contribution in [-0.4, -0.2) is 19.0 Å². The number of aryl methyl sites for hydroxylation is 2. The molecule has 1 aromatic heterocycles. The summed E-state index contributed by atoms with van der Waals surface area (Å²) < 4.78 is 10.5. The van der Waals surface area contributed by atoms with Crippen molar-refractivity contribution in [3.05, 3.63) is 80.2 Å². The van der Waals surface area contributed by atoms with Gasteiger partial charge in [-0.2, -0.15) is 0 Å². The SMILES string of the molecule is COC(=O)c1ccc(C2NC(=O)c3oc4c(C)cc(C)cc4c(=O)c32)cc1. The van der Waals surface area contributed by atoms with Crippen molar-refractivity contribution in [1.82, 2.24) is 5.32 Å². The predicted molar refractivity (Wildman–Crippen MR) is 99.0 cm³/mol. The Labute approximate surface area is 154 Å². The number of hydrogen-bond acceptors (Lipinski definition) is 5. The monoisotopic (exact) mass is 363 g/mol. The molecule has 136 valence electrons. The molecule has 0 bridgehead atoms. The average Bonchev–Trinajstić information content (AvgIpc) is 2.99. The number of hydrogen-bond donors (Lipinski definition) is 1. The van der Waals surface area contributed by atoms with Crippen LogP contribution in [-0.2, 0) is 4.74 Å². The lowest BCUT2D eigenvalue weighted by Gasteiger charge is -2.12. The van der Waals surface area contributed by atoms with Gasteiger partial charge in [-0.05, 0) is 48.7 Å². The Hall–Kier alpha value is -3.41. The number of carbonyl (C=O) groups is 2. The smallest absolute Gasteiger partial charge is 0.337 e. The molecule has 1 amide bonds. The van der Waals surface area contributed by atoms with Crippen molar-refractivity contribution in [2.75, 3.05) is 7.11 Å². The van der Waals surface area contributed by atoms with Crippen LogP contribution in [0.4, 0.5) is 0 Å². The summed E-state index contributed by atoms with van der Waals surface area (Å²) in [6.45, 7) is 3.76. The van der Waals surface area contributed by atoms with E-state index in [9.17, 15) is 14.4 Å². The van der Waals surface area contributed by atoms with Gasteiger partial charge in [-0.1, -0.05) is 18.2 Å². The van der Waals surface area contributed by atoms with Crippen molar-refractivity contribution in [3.8, 4) is 0 Å². The molecule has 1 atom stereocenters. The van der Waals surface area contributed by atoms with Crippen LogP contribution in [0.5, 0.6) is 0 Å². The zero-order valence-corrected chi connectivity index (χ0v) is 15.1. The van der Waals surface area contributed by atoms with Crippen LogP contribution in [0.25, 0.3) is 11.0 Å². The van der Waals surface area contributed by atoms with Crippen molar-refractivity contribution < 1.29 is 18.7 Å². The summed E-state index contributed by atoms with van der Waals surface area (Å²) in [5.41, 5.74) is 3.34. The van der Waals surface area contributed by atoms with Gasteiger partial charge in [-0.25, -0.2) is 4.79 Å². The first-order chi connectivity index (χ1) is 12.9. The molecule has 1 aliphatic heterocycles. The van der Waals surface area contributed by atoms with E-state index in [2.05, 4.69) is 5.32 Å². The van der Waals surface area contributed by atoms with Crippen LogP contribution in [0, 0.1) is 13.8 Å². The largest absolute Gasteiger partial charge is 0.465 e. The number of amides is 1. The Balaban J connectivity index is 1.89. The summed E-state index contributed by atoms with van der Waals surface area (Å²) in [5, 5.41) is 3.26. The van der Waals surface area contributed by atoms with E-state index in [0.29, 0.717) is 27.7 Å². The molecule has 1 aliphatic rings. The third kappa shape index (κ3) is 2.61. The normalized spacial score (nSPS) is 15.5. The molecule has 0 radical (unpaired) electrons. The first-order valence-corrected chi connectivity index (χ1v) is 8.48. The highest BCUT2D eigenvalue weighted by molar-refractivity contribution is 5.99. The van der Waals surface area contributed by atoms with Crippen molar-refractivity contribution >= 4 is 22.8 Å². The van der Waals surface area contributed by atoms with Crippen molar-refractivity contribution in [2.24, 2.45) is 0 Å². The number of rotatable bonds is 2. The Bertz CT molecular complexity index is 1160. The fraction of sp³-hybridized carbons (Fsp3) is 0.190. The Kier molecular flexibility index (Phi) is 3.84. The molecule has 1 N–H and O–H groups in total. The maximum Gasteiger partial charge on any atom is 0.337 e. The zero-order valence-electron chi connectivity index (χ0n) is 15.1. The molecule has 0 fully saturated rings. The van der Waals surface area contributed by atoms with E-state index < -0.39 is 17.9 Å². The van der Waals surface area contributed by atoms with Gasteiger partial charge >= 0.3 is 5.97 Å². The maximum atomic E-state index is 13.1. The predicted octanol–water partition coefficient (Wildman–Crippen LogP) is 3.03. The summed E-state index contributed by atoms with van der Waals surface area (Å²) in [6.07, 6.45) is 0. The summed E-state index contributed by atoms with van der Waals surface area (Å²) in [5.74, 6) is -0.832. The molecule has 0 aliphatic carbocycles. The van der Waals surface area contributed by atoms with Gasteiger partial charge < -0.3 is 14.5 Å². The van der Waals surface area contributed by atoms with E-state index in [1.165, 1.54) is 7.11 Å². The van der Waals surface area contributed by atoms with E-state index in [1.807, 2.05) is 19.9 Å². The number of nitrogens with one attached hydrogen (secondary N) is 1. The molecule has 2 aromatic carbocycles. The molecule has 0 saturated carbocycles. The molecule has 1 unspecified atom stereocenters. The molecule has 0 spiro atoms. The minimum absolute atomic E-state index is 0.0431. The number of esters is 1. The zero-order chi connectivity index (χ0) is 19.3. The second kappa shape index (κ2) is 6.09. The van der Waals surface area contributed by atoms with Gasteiger partial charge in [-0.15, -0.1) is 0 Å². The van der Waals surface area contributed by atoms with E-state index in [-0.39, 0.29) is 11.2 Å². The van der Waals surface area contributed by atoms with Crippen LogP contribution in [0.1, 0.15) is 49.2 Å². The highest BCUT2D eigenvalue weighted by Gasteiger charge is 2.36. The Morgan fingerprint density at radius 1 is 1.11 bits per heavy atom. The van der Waals surface area contributed by atoms with Crippen molar-refractivity contribution in [1.29, 1.82) is 0 Å². The van der Waals surface area contributed by atoms with Crippen LogP contribution >= 0.6 is 0 Å². The number of benzene rings is 2. The first-order valence-electron chi connectivity index (χ1n) is 8.48. The number of carbonyl (C=O) groups excluding carboxylic acids is 2. The lowest BCUT2D eigenvalue weighted by Crippen LogP contribution is -2.22. The molecule has 2 heterocycles. The maximum absolute atomic E-state index is 13.1. The van der Waals surface area contributed by atoms with Gasteiger partial charge in [-0.3, -0.25) is 9.59 Å². The van der Waals surface area contributed by atoms with E-state index >= 15 is 0 Å². The van der Waals surface area contributed by atoms with Gasteiger partial charge in [0.2, 0.25) is 5.76 Å². The van der Waals surface area contributed by atoms with Gasteiger partial charge in [0.15, 0.2) is 5.43 Å². The molecule has 4 rings (SSSR count). The standard InChI is InChI=1S/C21H17NO5/c1-10-8-11(2)18-14(9-10)17(23)15-16(22-20(24)19(15)27-18)12-4-6-13(7-5-12)21(25)26-3/h4-9,16H,1-3H3,(H,22,24). The second-order valence-electron chi connectivity index (χ2n) is 6.65. The number of fused-ring (bicyclic) bond motifs is 2. The molecular formula is C21H17NO5. The number of methoxy groups -OCH3 is 1. The number of ether oxygens (including phenoxy) is 1. The molecule has 3 aromatic rings. The van der Waals surface area contributed by atoms with Crippen LogP contribution in [0.3, 0.4) is 0 Å². The third-order valence-corrected chi connectivity index (χ3v) is 4.79. The summed E-state index contributed by atoms with van der Waals surface area (Å²) in [6, 6.07) is 9.64.